The van der Waals surface area contributed by atoms with Crippen molar-refractivity contribution in [2.75, 3.05) is 50.7 Å². The van der Waals surface area contributed by atoms with Crippen molar-refractivity contribution in [2.45, 2.75) is 19.8 Å². The maximum absolute atomic E-state index is 12.5. The molecule has 4 heterocycles. The SMILES string of the molecule is CC1CCN(C(=O)CN2CCN(c3ncnc4c3cnn4C)CC2)CC1. The van der Waals surface area contributed by atoms with E-state index in [-0.39, 0.29) is 5.91 Å². The Labute approximate surface area is 153 Å². The van der Waals surface area contributed by atoms with Crippen LogP contribution in [0.5, 0.6) is 0 Å². The summed E-state index contributed by atoms with van der Waals surface area (Å²) in [6.45, 7) is 8.13. The fourth-order valence-corrected chi connectivity index (χ4v) is 3.87. The summed E-state index contributed by atoms with van der Waals surface area (Å²) in [4.78, 5) is 27.9. The van der Waals surface area contributed by atoms with Crippen LogP contribution in [0.25, 0.3) is 11.0 Å². The Balaban J connectivity index is 1.34. The van der Waals surface area contributed by atoms with Gasteiger partial charge in [0.25, 0.3) is 0 Å². The molecule has 2 saturated heterocycles. The van der Waals surface area contributed by atoms with Gasteiger partial charge in [0.1, 0.15) is 12.1 Å². The van der Waals surface area contributed by atoms with Crippen LogP contribution in [0.15, 0.2) is 12.5 Å². The Morgan fingerprint density at radius 1 is 1.12 bits per heavy atom. The van der Waals surface area contributed by atoms with Crippen molar-refractivity contribution >= 4 is 22.8 Å². The van der Waals surface area contributed by atoms with E-state index in [1.807, 2.05) is 18.1 Å². The molecule has 0 spiro atoms. The number of carbonyl (C=O) groups is 1. The van der Waals surface area contributed by atoms with E-state index >= 15 is 0 Å². The van der Waals surface area contributed by atoms with Gasteiger partial charge in [-0.3, -0.25) is 14.4 Å². The molecular weight excluding hydrogens is 330 g/mol. The average molecular weight is 357 g/mol. The van der Waals surface area contributed by atoms with Crippen LogP contribution in [0.2, 0.25) is 0 Å². The maximum Gasteiger partial charge on any atom is 0.236 e. The fourth-order valence-electron chi connectivity index (χ4n) is 3.87. The number of hydrogen-bond donors (Lipinski definition) is 0. The van der Waals surface area contributed by atoms with Crippen LogP contribution in [0.1, 0.15) is 19.8 Å². The van der Waals surface area contributed by atoms with E-state index in [1.165, 1.54) is 0 Å². The van der Waals surface area contributed by atoms with Crippen LogP contribution >= 0.6 is 0 Å². The molecule has 2 aromatic heterocycles. The van der Waals surface area contributed by atoms with Crippen molar-refractivity contribution in [3.63, 3.8) is 0 Å². The van der Waals surface area contributed by atoms with E-state index in [4.69, 9.17) is 0 Å². The van der Waals surface area contributed by atoms with E-state index in [0.717, 1.165) is 74.9 Å². The first-order chi connectivity index (χ1) is 12.6. The molecule has 0 unspecified atom stereocenters. The summed E-state index contributed by atoms with van der Waals surface area (Å²) in [5.41, 5.74) is 0.854. The van der Waals surface area contributed by atoms with Crippen molar-refractivity contribution < 1.29 is 4.79 Å². The first-order valence-electron chi connectivity index (χ1n) is 9.49. The molecule has 140 valence electrons. The van der Waals surface area contributed by atoms with Gasteiger partial charge in [0.05, 0.1) is 18.1 Å². The molecule has 8 heteroatoms. The second kappa shape index (κ2) is 7.19. The first-order valence-corrected chi connectivity index (χ1v) is 9.49. The topological polar surface area (TPSA) is 70.4 Å². The van der Waals surface area contributed by atoms with E-state index in [2.05, 4.69) is 31.8 Å². The van der Waals surface area contributed by atoms with E-state index in [0.29, 0.717) is 6.54 Å². The summed E-state index contributed by atoms with van der Waals surface area (Å²) in [5.74, 6) is 1.97. The lowest BCUT2D eigenvalue weighted by molar-refractivity contribution is -0.133. The highest BCUT2D eigenvalue weighted by Crippen LogP contribution is 2.23. The highest BCUT2D eigenvalue weighted by Gasteiger charge is 2.25. The quantitative estimate of drug-likeness (QED) is 0.807. The third kappa shape index (κ3) is 3.38. The van der Waals surface area contributed by atoms with Gasteiger partial charge in [0.15, 0.2) is 5.65 Å². The number of likely N-dealkylation sites (tertiary alicyclic amines) is 1. The lowest BCUT2D eigenvalue weighted by Gasteiger charge is -2.37. The minimum Gasteiger partial charge on any atom is -0.353 e. The summed E-state index contributed by atoms with van der Waals surface area (Å²) in [7, 11) is 1.89. The van der Waals surface area contributed by atoms with Gasteiger partial charge in [0, 0.05) is 46.3 Å². The molecule has 0 N–H and O–H groups in total. The van der Waals surface area contributed by atoms with Crippen molar-refractivity contribution in [2.24, 2.45) is 13.0 Å². The lowest BCUT2D eigenvalue weighted by Crippen LogP contribution is -2.51. The summed E-state index contributed by atoms with van der Waals surface area (Å²) < 4.78 is 1.77. The smallest absolute Gasteiger partial charge is 0.236 e. The van der Waals surface area contributed by atoms with Gasteiger partial charge in [-0.15, -0.1) is 0 Å². The molecule has 2 aliphatic heterocycles. The zero-order valence-corrected chi connectivity index (χ0v) is 15.6. The summed E-state index contributed by atoms with van der Waals surface area (Å²) >= 11 is 0. The Kier molecular flexibility index (Phi) is 4.76. The Morgan fingerprint density at radius 2 is 1.85 bits per heavy atom. The second-order valence-electron chi connectivity index (χ2n) is 7.53. The predicted molar refractivity (Wildman–Crippen MR) is 99.9 cm³/mol. The van der Waals surface area contributed by atoms with Gasteiger partial charge < -0.3 is 9.80 Å². The van der Waals surface area contributed by atoms with Crippen molar-refractivity contribution in [1.29, 1.82) is 0 Å². The van der Waals surface area contributed by atoms with Crippen molar-refractivity contribution in [3.05, 3.63) is 12.5 Å². The molecule has 2 aromatic rings. The third-order valence-electron chi connectivity index (χ3n) is 5.68. The fraction of sp³-hybridized carbons (Fsp3) is 0.667. The lowest BCUT2D eigenvalue weighted by atomic mass is 9.99. The highest BCUT2D eigenvalue weighted by atomic mass is 16.2. The number of nitrogens with zero attached hydrogens (tertiary/aromatic N) is 7. The van der Waals surface area contributed by atoms with Crippen molar-refractivity contribution in [3.8, 4) is 0 Å². The average Bonchev–Trinajstić information content (AvgIpc) is 3.04. The number of rotatable bonds is 3. The number of hydrogen-bond acceptors (Lipinski definition) is 6. The molecule has 0 radical (unpaired) electrons. The first kappa shape index (κ1) is 17.2. The summed E-state index contributed by atoms with van der Waals surface area (Å²) in [6.07, 6.45) is 5.70. The van der Waals surface area contributed by atoms with Crippen molar-refractivity contribution in [1.82, 2.24) is 29.5 Å². The minimum atomic E-state index is 0.280. The van der Waals surface area contributed by atoms with Crippen LogP contribution in [0, 0.1) is 5.92 Å². The standard InChI is InChI=1S/C18H27N7O/c1-14-3-5-24(6-4-14)16(26)12-23-7-9-25(10-8-23)18-15-11-21-22(2)17(15)19-13-20-18/h11,13-14H,3-10,12H2,1-2H3. The Hall–Kier alpha value is -2.22. The second-order valence-corrected chi connectivity index (χ2v) is 7.53. The number of amides is 1. The maximum atomic E-state index is 12.5. The van der Waals surface area contributed by atoms with Crippen LogP contribution in [-0.2, 0) is 11.8 Å². The molecule has 8 nitrogen and oxygen atoms in total. The van der Waals surface area contributed by atoms with Gasteiger partial charge in [-0.05, 0) is 18.8 Å². The minimum absolute atomic E-state index is 0.280. The summed E-state index contributed by atoms with van der Waals surface area (Å²) in [5, 5.41) is 5.28. The molecule has 0 bridgehead atoms. The predicted octanol–water partition coefficient (Wildman–Crippen LogP) is 0.744. The molecule has 26 heavy (non-hydrogen) atoms. The number of fused-ring (bicyclic) bond motifs is 1. The molecule has 0 aromatic carbocycles. The zero-order chi connectivity index (χ0) is 18.1. The summed E-state index contributed by atoms with van der Waals surface area (Å²) in [6, 6.07) is 0. The molecule has 2 fully saturated rings. The molecule has 0 saturated carbocycles. The number of anilines is 1. The van der Waals surface area contributed by atoms with Gasteiger partial charge in [-0.1, -0.05) is 6.92 Å². The van der Waals surface area contributed by atoms with E-state index in [9.17, 15) is 4.79 Å². The molecule has 0 aliphatic carbocycles. The van der Waals surface area contributed by atoms with Gasteiger partial charge in [0.2, 0.25) is 5.91 Å². The van der Waals surface area contributed by atoms with Crippen LogP contribution in [0.4, 0.5) is 5.82 Å². The van der Waals surface area contributed by atoms with Crippen LogP contribution in [-0.4, -0.2) is 81.3 Å². The van der Waals surface area contributed by atoms with Crippen LogP contribution < -0.4 is 4.90 Å². The molecule has 4 rings (SSSR count). The molecule has 1 amide bonds. The monoisotopic (exact) mass is 357 g/mol. The normalized spacial score (nSPS) is 20.1. The van der Waals surface area contributed by atoms with Gasteiger partial charge in [-0.2, -0.15) is 5.10 Å². The van der Waals surface area contributed by atoms with Gasteiger partial charge >= 0.3 is 0 Å². The largest absolute Gasteiger partial charge is 0.353 e. The molecular formula is C18H27N7O. The Morgan fingerprint density at radius 3 is 2.58 bits per heavy atom. The molecule has 2 aliphatic rings. The number of aryl methyl sites for hydroxylation is 1. The Bertz CT molecular complexity index is 773. The molecule has 0 atom stereocenters. The van der Waals surface area contributed by atoms with E-state index < -0.39 is 0 Å². The number of piperidine rings is 1. The van der Waals surface area contributed by atoms with E-state index in [1.54, 1.807) is 11.0 Å². The van der Waals surface area contributed by atoms with Crippen LogP contribution in [0.3, 0.4) is 0 Å². The zero-order valence-electron chi connectivity index (χ0n) is 15.6. The number of piperazine rings is 1. The number of carbonyl (C=O) groups excluding carboxylic acids is 1. The third-order valence-corrected chi connectivity index (χ3v) is 5.68. The number of aromatic nitrogens is 4. The highest BCUT2D eigenvalue weighted by molar-refractivity contribution is 5.86. The van der Waals surface area contributed by atoms with Gasteiger partial charge in [-0.25, -0.2) is 9.97 Å².